The summed E-state index contributed by atoms with van der Waals surface area (Å²) in [7, 11) is 0. The first-order valence-corrected chi connectivity index (χ1v) is 9.62. The molecule has 0 saturated carbocycles. The Morgan fingerprint density at radius 1 is 1.13 bits per heavy atom. The number of ether oxygens (including phenoxy) is 2. The van der Waals surface area contributed by atoms with Crippen LogP contribution in [0, 0.1) is 6.92 Å². The topological polar surface area (TPSA) is 120 Å². The van der Waals surface area contributed by atoms with Gasteiger partial charge in [0.15, 0.2) is 5.69 Å². The average Bonchev–Trinajstić information content (AvgIpc) is 3.14. The number of esters is 2. The number of rotatable bonds is 7. The average molecular weight is 413 g/mol. The highest BCUT2D eigenvalue weighted by Crippen LogP contribution is 2.22. The van der Waals surface area contributed by atoms with Gasteiger partial charge in [-0.05, 0) is 32.4 Å². The number of hydrogen-bond donors (Lipinski definition) is 2. The molecule has 0 fully saturated rings. The third-order valence-corrected chi connectivity index (χ3v) is 4.51. The molecule has 0 saturated heterocycles. The number of aryl methyl sites for hydroxylation is 1. The van der Waals surface area contributed by atoms with Gasteiger partial charge in [-0.25, -0.2) is 19.4 Å². The Labute approximate surface area is 173 Å². The molecule has 9 heteroatoms. The Bertz CT molecular complexity index is 980. The van der Waals surface area contributed by atoms with E-state index in [9.17, 15) is 14.4 Å². The lowest BCUT2D eigenvalue weighted by atomic mass is 10.0. The maximum absolute atomic E-state index is 12.6. The normalized spacial score (nSPS) is 16.0. The Balaban J connectivity index is 1.80. The number of nitrogens with one attached hydrogen (secondary N) is 2. The fraction of sp³-hybridized carbons (Fsp3) is 0.333. The molecule has 2 aromatic rings. The van der Waals surface area contributed by atoms with Gasteiger partial charge in [-0.15, -0.1) is 0 Å². The van der Waals surface area contributed by atoms with Crippen molar-refractivity contribution in [1.29, 1.82) is 0 Å². The predicted molar refractivity (Wildman–Crippen MR) is 106 cm³/mol. The SMILES string of the molecule is CCOC(=O)C1=C(COC(=O)c2nc(-c3ccccc3)oc2C)NC(=O)N[C@@H]1CC. The lowest BCUT2D eigenvalue weighted by Crippen LogP contribution is -2.51. The van der Waals surface area contributed by atoms with Crippen molar-refractivity contribution in [3.63, 3.8) is 0 Å². The Hall–Kier alpha value is -3.62. The Morgan fingerprint density at radius 3 is 2.53 bits per heavy atom. The monoisotopic (exact) mass is 413 g/mol. The molecule has 0 bridgehead atoms. The maximum Gasteiger partial charge on any atom is 0.361 e. The first-order valence-electron chi connectivity index (χ1n) is 9.62. The smallest absolute Gasteiger partial charge is 0.361 e. The number of amides is 2. The molecule has 2 amide bonds. The Kier molecular flexibility index (Phi) is 6.51. The van der Waals surface area contributed by atoms with Crippen LogP contribution in [0.1, 0.15) is 36.5 Å². The van der Waals surface area contributed by atoms with Crippen molar-refractivity contribution >= 4 is 18.0 Å². The predicted octanol–water partition coefficient (Wildman–Crippen LogP) is 2.72. The number of oxazole rings is 1. The summed E-state index contributed by atoms with van der Waals surface area (Å²) >= 11 is 0. The van der Waals surface area contributed by atoms with Gasteiger partial charge in [0, 0.05) is 5.56 Å². The summed E-state index contributed by atoms with van der Waals surface area (Å²) < 4.78 is 16.0. The van der Waals surface area contributed by atoms with E-state index in [-0.39, 0.29) is 30.2 Å². The molecule has 30 heavy (non-hydrogen) atoms. The zero-order chi connectivity index (χ0) is 21.7. The molecule has 2 heterocycles. The molecule has 1 aromatic heterocycles. The molecule has 1 aliphatic heterocycles. The van der Waals surface area contributed by atoms with Crippen molar-refractivity contribution in [3.8, 4) is 11.5 Å². The van der Waals surface area contributed by atoms with Crippen LogP contribution in [0.25, 0.3) is 11.5 Å². The second kappa shape index (κ2) is 9.25. The van der Waals surface area contributed by atoms with Gasteiger partial charge in [-0.2, -0.15) is 0 Å². The fourth-order valence-electron chi connectivity index (χ4n) is 3.07. The molecular formula is C21H23N3O6. The first kappa shape index (κ1) is 21.1. The number of urea groups is 1. The molecule has 9 nitrogen and oxygen atoms in total. The third-order valence-electron chi connectivity index (χ3n) is 4.51. The first-order chi connectivity index (χ1) is 14.4. The van der Waals surface area contributed by atoms with Crippen LogP contribution in [0.15, 0.2) is 46.0 Å². The van der Waals surface area contributed by atoms with Crippen LogP contribution >= 0.6 is 0 Å². The molecule has 158 valence electrons. The van der Waals surface area contributed by atoms with Gasteiger partial charge in [0.25, 0.3) is 0 Å². The van der Waals surface area contributed by atoms with Gasteiger partial charge in [0.2, 0.25) is 5.89 Å². The molecule has 3 rings (SSSR count). The van der Waals surface area contributed by atoms with Crippen LogP contribution < -0.4 is 10.6 Å². The molecule has 2 N–H and O–H groups in total. The molecule has 0 radical (unpaired) electrons. The quantitative estimate of drug-likeness (QED) is 0.670. The van der Waals surface area contributed by atoms with Gasteiger partial charge in [0.1, 0.15) is 12.4 Å². The lowest BCUT2D eigenvalue weighted by molar-refractivity contribution is -0.139. The lowest BCUT2D eigenvalue weighted by Gasteiger charge is -2.28. The van der Waals surface area contributed by atoms with E-state index in [0.29, 0.717) is 18.1 Å². The summed E-state index contributed by atoms with van der Waals surface area (Å²) in [5.41, 5.74) is 1.17. The van der Waals surface area contributed by atoms with Crippen molar-refractivity contribution in [1.82, 2.24) is 15.6 Å². The van der Waals surface area contributed by atoms with E-state index in [1.807, 2.05) is 37.3 Å². The second-order valence-electron chi connectivity index (χ2n) is 6.54. The van der Waals surface area contributed by atoms with Crippen LogP contribution in [-0.4, -0.2) is 42.2 Å². The van der Waals surface area contributed by atoms with Crippen LogP contribution in [0.3, 0.4) is 0 Å². The van der Waals surface area contributed by atoms with Gasteiger partial charge >= 0.3 is 18.0 Å². The Morgan fingerprint density at radius 2 is 1.87 bits per heavy atom. The number of aromatic nitrogens is 1. The minimum absolute atomic E-state index is 0.0273. The van der Waals surface area contributed by atoms with Gasteiger partial charge in [-0.3, -0.25) is 0 Å². The minimum atomic E-state index is -0.727. The van der Waals surface area contributed by atoms with Gasteiger partial charge < -0.3 is 24.5 Å². The summed E-state index contributed by atoms with van der Waals surface area (Å²) in [5.74, 6) is -0.700. The van der Waals surface area contributed by atoms with Crippen LogP contribution in [0.5, 0.6) is 0 Å². The number of hydrogen-bond acceptors (Lipinski definition) is 7. The zero-order valence-corrected chi connectivity index (χ0v) is 17.0. The highest BCUT2D eigenvalue weighted by atomic mass is 16.5. The summed E-state index contributed by atoms with van der Waals surface area (Å²) in [4.78, 5) is 41.1. The van der Waals surface area contributed by atoms with E-state index in [1.54, 1.807) is 13.8 Å². The van der Waals surface area contributed by atoms with E-state index in [0.717, 1.165) is 5.56 Å². The number of carbonyl (C=O) groups excluding carboxylic acids is 3. The molecular weight excluding hydrogens is 390 g/mol. The summed E-state index contributed by atoms with van der Waals surface area (Å²) in [6.45, 7) is 4.98. The summed E-state index contributed by atoms with van der Waals surface area (Å²) in [6.07, 6.45) is 0.474. The molecule has 1 aliphatic rings. The number of nitrogens with zero attached hydrogens (tertiary/aromatic N) is 1. The van der Waals surface area contributed by atoms with E-state index in [2.05, 4.69) is 15.6 Å². The van der Waals surface area contributed by atoms with Crippen LogP contribution in [-0.2, 0) is 14.3 Å². The fourth-order valence-corrected chi connectivity index (χ4v) is 3.07. The molecule has 0 aliphatic carbocycles. The largest absolute Gasteiger partial charge is 0.463 e. The van der Waals surface area contributed by atoms with Crippen molar-refractivity contribution in [2.24, 2.45) is 0 Å². The summed E-state index contributed by atoms with van der Waals surface area (Å²) in [6, 6.07) is 8.13. The van der Waals surface area contributed by atoms with Gasteiger partial charge in [0.05, 0.1) is 23.9 Å². The van der Waals surface area contributed by atoms with Crippen molar-refractivity contribution < 1.29 is 28.3 Å². The molecule has 0 spiro atoms. The molecule has 1 atom stereocenters. The number of carbonyl (C=O) groups is 3. The van der Waals surface area contributed by atoms with Crippen LogP contribution in [0.4, 0.5) is 4.79 Å². The van der Waals surface area contributed by atoms with Crippen LogP contribution in [0.2, 0.25) is 0 Å². The van der Waals surface area contributed by atoms with E-state index in [1.165, 1.54) is 0 Å². The summed E-state index contributed by atoms with van der Waals surface area (Å²) in [5, 5.41) is 5.19. The number of benzene rings is 1. The van der Waals surface area contributed by atoms with E-state index in [4.69, 9.17) is 13.9 Å². The second-order valence-corrected chi connectivity index (χ2v) is 6.54. The third kappa shape index (κ3) is 4.51. The highest BCUT2D eigenvalue weighted by Gasteiger charge is 2.32. The van der Waals surface area contributed by atoms with Crippen molar-refractivity contribution in [2.75, 3.05) is 13.2 Å². The van der Waals surface area contributed by atoms with Crippen molar-refractivity contribution in [2.45, 2.75) is 33.2 Å². The van der Waals surface area contributed by atoms with Crippen molar-refractivity contribution in [3.05, 3.63) is 53.1 Å². The van der Waals surface area contributed by atoms with Gasteiger partial charge in [-0.1, -0.05) is 25.1 Å². The highest BCUT2D eigenvalue weighted by molar-refractivity contribution is 5.95. The molecule has 1 aromatic carbocycles. The minimum Gasteiger partial charge on any atom is -0.463 e. The standard InChI is InChI=1S/C21H23N3O6/c1-4-14-16(19(25)28-5-2)15(23-21(27)22-14)11-29-20(26)17-12(3)30-18(24-17)13-9-7-6-8-10-13/h6-10,14H,4-5,11H2,1-3H3,(H2,22,23,27)/t14-/m1/s1. The van der Waals surface area contributed by atoms with E-state index < -0.39 is 24.0 Å². The van der Waals surface area contributed by atoms with E-state index >= 15 is 0 Å². The molecule has 0 unspecified atom stereocenters. The maximum atomic E-state index is 12.6. The zero-order valence-electron chi connectivity index (χ0n) is 17.0.